The summed E-state index contributed by atoms with van der Waals surface area (Å²) in [6.07, 6.45) is 3.04. The molecule has 0 aromatic carbocycles. The lowest BCUT2D eigenvalue weighted by Crippen LogP contribution is -2.24. The number of thioether (sulfide) groups is 1. The zero-order valence-electron chi connectivity index (χ0n) is 8.55. The summed E-state index contributed by atoms with van der Waals surface area (Å²) in [4.78, 5) is 0. The van der Waals surface area contributed by atoms with Crippen molar-refractivity contribution in [1.29, 1.82) is 0 Å². The van der Waals surface area contributed by atoms with Gasteiger partial charge in [-0.2, -0.15) is 11.8 Å². The highest BCUT2D eigenvalue weighted by Crippen LogP contribution is 2.12. The fourth-order valence-corrected chi connectivity index (χ4v) is 0.949. The number of methoxy groups -OCH3 is 1. The quantitative estimate of drug-likeness (QED) is 0.576. The van der Waals surface area contributed by atoms with E-state index in [4.69, 9.17) is 9.47 Å². The van der Waals surface area contributed by atoms with Crippen molar-refractivity contribution in [2.75, 3.05) is 32.3 Å². The molecule has 0 rings (SSSR count). The largest absolute Gasteiger partial charge is 0.380 e. The average Bonchev–Trinajstić information content (AvgIpc) is 2.04. The van der Waals surface area contributed by atoms with Crippen LogP contribution in [0.2, 0.25) is 0 Å². The molecule has 74 valence electrons. The van der Waals surface area contributed by atoms with E-state index in [1.165, 1.54) is 0 Å². The summed E-state index contributed by atoms with van der Waals surface area (Å²) in [5.74, 6) is 1.08. The van der Waals surface area contributed by atoms with Crippen molar-refractivity contribution in [3.63, 3.8) is 0 Å². The minimum Gasteiger partial charge on any atom is -0.380 e. The topological polar surface area (TPSA) is 18.5 Å². The van der Waals surface area contributed by atoms with E-state index in [9.17, 15) is 0 Å². The van der Waals surface area contributed by atoms with Crippen molar-refractivity contribution in [3.8, 4) is 0 Å². The standard InChI is InChI=1S/C9H20O2S/c1-9(2,10-3)5-6-11-7-8-12-4/h5-8H2,1-4H3. The van der Waals surface area contributed by atoms with E-state index in [1.54, 1.807) is 7.11 Å². The summed E-state index contributed by atoms with van der Waals surface area (Å²) in [5.41, 5.74) is -0.0423. The molecule has 0 atom stereocenters. The Morgan fingerprint density at radius 3 is 2.42 bits per heavy atom. The zero-order chi connectivity index (χ0) is 9.45. The van der Waals surface area contributed by atoms with Crippen molar-refractivity contribution in [3.05, 3.63) is 0 Å². The summed E-state index contributed by atoms with van der Waals surface area (Å²) in [6.45, 7) is 5.79. The summed E-state index contributed by atoms with van der Waals surface area (Å²) in [5, 5.41) is 0. The van der Waals surface area contributed by atoms with Crippen LogP contribution in [-0.2, 0) is 9.47 Å². The molecule has 0 amide bonds. The Bertz CT molecular complexity index is 105. The molecule has 0 fully saturated rings. The van der Waals surface area contributed by atoms with Crippen molar-refractivity contribution in [2.45, 2.75) is 25.9 Å². The smallest absolute Gasteiger partial charge is 0.0644 e. The molecule has 0 spiro atoms. The van der Waals surface area contributed by atoms with Crippen LogP contribution in [0.1, 0.15) is 20.3 Å². The van der Waals surface area contributed by atoms with Gasteiger partial charge in [0.05, 0.1) is 12.2 Å². The molecule has 0 aliphatic heterocycles. The third-order valence-corrected chi connectivity index (χ3v) is 2.41. The van der Waals surface area contributed by atoms with Crippen LogP contribution in [0, 0.1) is 0 Å². The van der Waals surface area contributed by atoms with Gasteiger partial charge in [-0.1, -0.05) is 0 Å². The summed E-state index contributed by atoms with van der Waals surface area (Å²) in [7, 11) is 1.74. The molecule has 0 aromatic rings. The first kappa shape index (κ1) is 12.3. The number of rotatable bonds is 7. The monoisotopic (exact) mass is 192 g/mol. The van der Waals surface area contributed by atoms with Crippen molar-refractivity contribution in [1.82, 2.24) is 0 Å². The molecule has 0 bridgehead atoms. The molecule has 12 heavy (non-hydrogen) atoms. The van der Waals surface area contributed by atoms with E-state index in [1.807, 2.05) is 11.8 Å². The molecule has 2 nitrogen and oxygen atoms in total. The highest BCUT2D eigenvalue weighted by molar-refractivity contribution is 7.98. The van der Waals surface area contributed by atoms with Crippen LogP contribution in [0.3, 0.4) is 0 Å². The number of hydrogen-bond donors (Lipinski definition) is 0. The lowest BCUT2D eigenvalue weighted by molar-refractivity contribution is -0.00789. The molecular weight excluding hydrogens is 172 g/mol. The lowest BCUT2D eigenvalue weighted by Gasteiger charge is -2.22. The van der Waals surface area contributed by atoms with Gasteiger partial charge in [0.2, 0.25) is 0 Å². The first-order chi connectivity index (χ1) is 5.62. The maximum Gasteiger partial charge on any atom is 0.0644 e. The highest BCUT2D eigenvalue weighted by Gasteiger charge is 2.15. The Morgan fingerprint density at radius 2 is 1.92 bits per heavy atom. The molecule has 3 heteroatoms. The van der Waals surface area contributed by atoms with Gasteiger partial charge in [-0.15, -0.1) is 0 Å². The predicted octanol–water partition coefficient (Wildman–Crippen LogP) is 2.18. The van der Waals surface area contributed by atoms with E-state index in [-0.39, 0.29) is 5.60 Å². The Kier molecular flexibility index (Phi) is 6.90. The lowest BCUT2D eigenvalue weighted by atomic mass is 10.1. The molecule has 0 N–H and O–H groups in total. The third kappa shape index (κ3) is 6.95. The van der Waals surface area contributed by atoms with Crippen LogP contribution < -0.4 is 0 Å². The molecule has 0 aliphatic rings. The Labute approximate surface area is 80.0 Å². The summed E-state index contributed by atoms with van der Waals surface area (Å²) in [6, 6.07) is 0. The second kappa shape index (κ2) is 6.75. The van der Waals surface area contributed by atoms with Crippen LogP contribution in [0.15, 0.2) is 0 Å². The van der Waals surface area contributed by atoms with E-state index in [0.29, 0.717) is 0 Å². The minimum absolute atomic E-state index is 0.0423. The predicted molar refractivity (Wildman–Crippen MR) is 54.9 cm³/mol. The maximum absolute atomic E-state index is 5.41. The molecule has 0 saturated heterocycles. The van der Waals surface area contributed by atoms with E-state index < -0.39 is 0 Å². The van der Waals surface area contributed by atoms with Crippen LogP contribution in [0.4, 0.5) is 0 Å². The molecule has 0 heterocycles. The van der Waals surface area contributed by atoms with Gasteiger partial charge < -0.3 is 9.47 Å². The van der Waals surface area contributed by atoms with Gasteiger partial charge in [0.1, 0.15) is 0 Å². The highest BCUT2D eigenvalue weighted by atomic mass is 32.2. The second-order valence-corrected chi connectivity index (χ2v) is 4.30. The SMILES string of the molecule is COC(C)(C)CCOCCSC. The van der Waals surface area contributed by atoms with Crippen molar-refractivity contribution >= 4 is 11.8 Å². The fraction of sp³-hybridized carbons (Fsp3) is 1.00. The zero-order valence-corrected chi connectivity index (χ0v) is 9.37. The van der Waals surface area contributed by atoms with Crippen LogP contribution in [0.25, 0.3) is 0 Å². The van der Waals surface area contributed by atoms with Crippen LogP contribution in [0.5, 0.6) is 0 Å². The number of hydrogen-bond acceptors (Lipinski definition) is 3. The number of ether oxygens (including phenoxy) is 2. The van der Waals surface area contributed by atoms with E-state index in [2.05, 4.69) is 20.1 Å². The second-order valence-electron chi connectivity index (χ2n) is 3.32. The molecule has 0 aromatic heterocycles. The molecule has 0 aliphatic carbocycles. The molecule has 0 unspecified atom stereocenters. The molecule has 0 saturated carbocycles. The van der Waals surface area contributed by atoms with Gasteiger partial charge in [0, 0.05) is 19.5 Å². The Balaban J connectivity index is 3.19. The first-order valence-corrected chi connectivity index (χ1v) is 5.63. The van der Waals surface area contributed by atoms with Gasteiger partial charge in [-0.05, 0) is 26.5 Å². The van der Waals surface area contributed by atoms with Crippen LogP contribution in [-0.4, -0.2) is 37.9 Å². The van der Waals surface area contributed by atoms with Crippen molar-refractivity contribution < 1.29 is 9.47 Å². The van der Waals surface area contributed by atoms with Gasteiger partial charge in [-0.3, -0.25) is 0 Å². The van der Waals surface area contributed by atoms with Gasteiger partial charge in [0.25, 0.3) is 0 Å². The van der Waals surface area contributed by atoms with E-state index in [0.717, 1.165) is 25.4 Å². The van der Waals surface area contributed by atoms with Gasteiger partial charge in [0.15, 0.2) is 0 Å². The van der Waals surface area contributed by atoms with E-state index >= 15 is 0 Å². The maximum atomic E-state index is 5.41. The third-order valence-electron chi connectivity index (χ3n) is 1.83. The average molecular weight is 192 g/mol. The first-order valence-electron chi connectivity index (χ1n) is 4.24. The Morgan fingerprint density at radius 1 is 1.25 bits per heavy atom. The van der Waals surface area contributed by atoms with Gasteiger partial charge in [-0.25, -0.2) is 0 Å². The minimum atomic E-state index is -0.0423. The Hall–Kier alpha value is 0.270. The molecule has 0 radical (unpaired) electrons. The van der Waals surface area contributed by atoms with Crippen molar-refractivity contribution in [2.24, 2.45) is 0 Å². The summed E-state index contributed by atoms with van der Waals surface area (Å²) < 4.78 is 10.7. The summed E-state index contributed by atoms with van der Waals surface area (Å²) >= 11 is 1.81. The molecular formula is C9H20O2S. The normalized spacial score (nSPS) is 12.0. The van der Waals surface area contributed by atoms with Crippen LogP contribution >= 0.6 is 11.8 Å². The fourth-order valence-electron chi connectivity index (χ4n) is 0.664. The van der Waals surface area contributed by atoms with Gasteiger partial charge >= 0.3 is 0 Å².